The van der Waals surface area contributed by atoms with Crippen molar-refractivity contribution in [1.29, 1.82) is 0 Å². The molecule has 1 aliphatic heterocycles. The Hall–Kier alpha value is -0.910. The number of hydrogen-bond acceptors (Lipinski definition) is 4. The van der Waals surface area contributed by atoms with Crippen molar-refractivity contribution in [3.05, 3.63) is 23.5 Å². The van der Waals surface area contributed by atoms with Gasteiger partial charge in [-0.05, 0) is 31.2 Å². The molecule has 3 rings (SSSR count). The van der Waals surface area contributed by atoms with Crippen LogP contribution in [-0.2, 0) is 11.2 Å². The van der Waals surface area contributed by atoms with Gasteiger partial charge < -0.3 is 10.1 Å². The molecule has 104 valence electrons. The van der Waals surface area contributed by atoms with E-state index >= 15 is 0 Å². The Kier molecular flexibility index (Phi) is 3.86. The van der Waals surface area contributed by atoms with E-state index < -0.39 is 0 Å². The van der Waals surface area contributed by atoms with Gasteiger partial charge in [-0.1, -0.05) is 6.92 Å². The third kappa shape index (κ3) is 2.83. The first kappa shape index (κ1) is 13.1. The van der Waals surface area contributed by atoms with E-state index in [1.54, 1.807) is 11.3 Å². The van der Waals surface area contributed by atoms with Crippen LogP contribution in [0.5, 0.6) is 0 Å². The Bertz CT molecular complexity index is 499. The molecule has 19 heavy (non-hydrogen) atoms. The Morgan fingerprint density at radius 2 is 2.32 bits per heavy atom. The van der Waals surface area contributed by atoms with Gasteiger partial charge in [0.25, 0.3) is 0 Å². The third-order valence-corrected chi connectivity index (χ3v) is 4.77. The Morgan fingerprint density at radius 3 is 3.05 bits per heavy atom. The van der Waals surface area contributed by atoms with Crippen LogP contribution in [0, 0.1) is 5.41 Å². The highest BCUT2D eigenvalue weighted by atomic mass is 32.1. The van der Waals surface area contributed by atoms with E-state index in [-0.39, 0.29) is 0 Å². The second-order valence-electron chi connectivity index (χ2n) is 5.39. The zero-order chi connectivity index (χ0) is 13.1. The zero-order valence-electron chi connectivity index (χ0n) is 11.4. The Balaban J connectivity index is 1.77. The van der Waals surface area contributed by atoms with Gasteiger partial charge in [0.05, 0.1) is 5.69 Å². The van der Waals surface area contributed by atoms with Gasteiger partial charge in [0.2, 0.25) is 0 Å². The number of fused-ring (bicyclic) bond motifs is 1. The first-order valence-corrected chi connectivity index (χ1v) is 7.89. The summed E-state index contributed by atoms with van der Waals surface area (Å²) >= 11 is 1.70. The fourth-order valence-corrected chi connectivity index (χ4v) is 3.58. The number of aromatic nitrogens is 2. The summed E-state index contributed by atoms with van der Waals surface area (Å²) in [6.07, 6.45) is 7.57. The van der Waals surface area contributed by atoms with Gasteiger partial charge in [-0.3, -0.25) is 4.40 Å². The van der Waals surface area contributed by atoms with Gasteiger partial charge in [-0.25, -0.2) is 4.98 Å². The monoisotopic (exact) mass is 279 g/mol. The highest BCUT2D eigenvalue weighted by molar-refractivity contribution is 7.15. The molecule has 0 atom stereocenters. The first-order chi connectivity index (χ1) is 9.31. The second-order valence-corrected chi connectivity index (χ2v) is 6.27. The molecule has 0 bridgehead atoms. The minimum absolute atomic E-state index is 0.318. The average Bonchev–Trinajstić information content (AvgIpc) is 2.98. The van der Waals surface area contributed by atoms with E-state index in [0.29, 0.717) is 5.41 Å². The maximum absolute atomic E-state index is 5.54. The highest BCUT2D eigenvalue weighted by Crippen LogP contribution is 2.33. The van der Waals surface area contributed by atoms with Gasteiger partial charge in [-0.2, -0.15) is 0 Å². The van der Waals surface area contributed by atoms with Crippen LogP contribution in [0.3, 0.4) is 0 Å². The van der Waals surface area contributed by atoms with Gasteiger partial charge in [0, 0.05) is 37.5 Å². The molecular weight excluding hydrogens is 258 g/mol. The number of hydrogen-bond donors (Lipinski definition) is 1. The molecule has 1 aliphatic rings. The molecule has 0 unspecified atom stereocenters. The van der Waals surface area contributed by atoms with Crippen LogP contribution in [0.15, 0.2) is 17.8 Å². The lowest BCUT2D eigenvalue weighted by molar-refractivity contribution is 0.0148. The molecule has 0 spiro atoms. The summed E-state index contributed by atoms with van der Waals surface area (Å²) < 4.78 is 7.66. The van der Waals surface area contributed by atoms with Gasteiger partial charge in [0.15, 0.2) is 4.96 Å². The smallest absolute Gasteiger partial charge is 0.193 e. The van der Waals surface area contributed by atoms with Crippen molar-refractivity contribution in [2.24, 2.45) is 5.41 Å². The maximum atomic E-state index is 5.54. The lowest BCUT2D eigenvalue weighted by atomic mass is 9.76. The SMILES string of the molecule is CCNCC1(Cc2cn3ccsc3n2)CCOCC1. The summed E-state index contributed by atoms with van der Waals surface area (Å²) in [7, 11) is 0. The summed E-state index contributed by atoms with van der Waals surface area (Å²) in [5.74, 6) is 0. The molecule has 4 nitrogen and oxygen atoms in total. The predicted octanol–water partition coefficient (Wildman–Crippen LogP) is 2.34. The molecule has 3 heterocycles. The van der Waals surface area contributed by atoms with Crippen LogP contribution < -0.4 is 5.32 Å². The number of nitrogens with zero attached hydrogens (tertiary/aromatic N) is 2. The first-order valence-electron chi connectivity index (χ1n) is 7.01. The van der Waals surface area contributed by atoms with Crippen LogP contribution in [0.4, 0.5) is 0 Å². The minimum Gasteiger partial charge on any atom is -0.381 e. The maximum Gasteiger partial charge on any atom is 0.193 e. The van der Waals surface area contributed by atoms with Crippen LogP contribution in [0.25, 0.3) is 4.96 Å². The van der Waals surface area contributed by atoms with E-state index in [4.69, 9.17) is 9.72 Å². The molecule has 1 N–H and O–H groups in total. The lowest BCUT2D eigenvalue weighted by Crippen LogP contribution is -2.40. The molecular formula is C14H21N3OS. The molecule has 0 aliphatic carbocycles. The fraction of sp³-hybridized carbons (Fsp3) is 0.643. The summed E-state index contributed by atoms with van der Waals surface area (Å²) in [5.41, 5.74) is 1.53. The molecule has 2 aromatic heterocycles. The number of rotatable bonds is 5. The lowest BCUT2D eigenvalue weighted by Gasteiger charge is -2.37. The molecule has 5 heteroatoms. The molecule has 1 fully saturated rings. The van der Waals surface area contributed by atoms with Gasteiger partial charge in [0.1, 0.15) is 0 Å². The summed E-state index contributed by atoms with van der Waals surface area (Å²) in [4.78, 5) is 5.83. The van der Waals surface area contributed by atoms with Crippen molar-refractivity contribution in [1.82, 2.24) is 14.7 Å². The molecule has 0 aromatic carbocycles. The Morgan fingerprint density at radius 1 is 1.47 bits per heavy atom. The minimum atomic E-state index is 0.318. The van der Waals surface area contributed by atoms with E-state index in [1.807, 2.05) is 0 Å². The number of ether oxygens (including phenoxy) is 1. The van der Waals surface area contributed by atoms with Crippen LogP contribution in [0.1, 0.15) is 25.5 Å². The van der Waals surface area contributed by atoms with E-state index in [9.17, 15) is 0 Å². The van der Waals surface area contributed by atoms with Gasteiger partial charge >= 0.3 is 0 Å². The van der Waals surface area contributed by atoms with E-state index in [0.717, 1.165) is 50.5 Å². The van der Waals surface area contributed by atoms with Crippen LogP contribution >= 0.6 is 11.3 Å². The predicted molar refractivity (Wildman–Crippen MR) is 77.8 cm³/mol. The normalized spacial score (nSPS) is 19.0. The molecule has 1 saturated heterocycles. The van der Waals surface area contributed by atoms with Crippen molar-refractivity contribution < 1.29 is 4.74 Å². The topological polar surface area (TPSA) is 38.6 Å². The number of thiazole rings is 1. The summed E-state index contributed by atoms with van der Waals surface area (Å²) in [6.45, 7) is 6.03. The van der Waals surface area contributed by atoms with Crippen LogP contribution in [-0.4, -0.2) is 35.7 Å². The standard InChI is InChI=1S/C14H21N3OS/c1-2-15-11-14(3-6-18-7-4-14)9-12-10-17-5-8-19-13(17)16-12/h5,8,10,15H,2-4,6-7,9,11H2,1H3. The molecule has 0 radical (unpaired) electrons. The average molecular weight is 279 g/mol. The third-order valence-electron chi connectivity index (χ3n) is 4.00. The quantitative estimate of drug-likeness (QED) is 0.913. The second kappa shape index (κ2) is 5.61. The van der Waals surface area contributed by atoms with E-state index in [1.165, 1.54) is 5.69 Å². The number of nitrogens with one attached hydrogen (secondary N) is 1. The van der Waals surface area contributed by atoms with Crippen molar-refractivity contribution in [2.45, 2.75) is 26.2 Å². The Labute approximate surface area is 117 Å². The van der Waals surface area contributed by atoms with Crippen molar-refractivity contribution >= 4 is 16.3 Å². The van der Waals surface area contributed by atoms with Crippen molar-refractivity contribution in [3.63, 3.8) is 0 Å². The van der Waals surface area contributed by atoms with Crippen molar-refractivity contribution in [2.75, 3.05) is 26.3 Å². The number of imidazole rings is 1. The fourth-order valence-electron chi connectivity index (χ4n) is 2.86. The largest absolute Gasteiger partial charge is 0.381 e. The summed E-state index contributed by atoms with van der Waals surface area (Å²) in [6, 6.07) is 0. The molecule has 0 amide bonds. The molecule has 2 aromatic rings. The van der Waals surface area contributed by atoms with Gasteiger partial charge in [-0.15, -0.1) is 11.3 Å². The highest BCUT2D eigenvalue weighted by Gasteiger charge is 2.33. The summed E-state index contributed by atoms with van der Waals surface area (Å²) in [5, 5.41) is 5.60. The van der Waals surface area contributed by atoms with Crippen molar-refractivity contribution in [3.8, 4) is 0 Å². The van der Waals surface area contributed by atoms with E-state index in [2.05, 4.69) is 34.4 Å². The van der Waals surface area contributed by atoms with Crippen LogP contribution in [0.2, 0.25) is 0 Å². The zero-order valence-corrected chi connectivity index (χ0v) is 12.2. The molecule has 0 saturated carbocycles.